The van der Waals surface area contributed by atoms with Crippen LogP contribution in [-0.2, 0) is 9.53 Å². The fourth-order valence-corrected chi connectivity index (χ4v) is 3.23. The number of amides is 1. The van der Waals surface area contributed by atoms with E-state index in [0.29, 0.717) is 37.5 Å². The predicted octanol–water partition coefficient (Wildman–Crippen LogP) is 2.72. The third kappa shape index (κ3) is 4.65. The molecule has 0 aromatic carbocycles. The van der Waals surface area contributed by atoms with Crippen LogP contribution in [0.2, 0.25) is 5.02 Å². The van der Waals surface area contributed by atoms with E-state index in [-0.39, 0.29) is 30.0 Å². The van der Waals surface area contributed by atoms with Gasteiger partial charge in [0, 0.05) is 26.4 Å². The van der Waals surface area contributed by atoms with Gasteiger partial charge in [-0.2, -0.15) is 0 Å². The average molecular weight is 385 g/mol. The number of piperidine rings is 1. The minimum absolute atomic E-state index is 0.0626. The minimum atomic E-state index is -1.08. The maximum atomic E-state index is 12.8. The number of aliphatic carboxylic acids is 1. The maximum absolute atomic E-state index is 12.8. The van der Waals surface area contributed by atoms with E-state index in [0.717, 1.165) is 0 Å². The summed E-state index contributed by atoms with van der Waals surface area (Å²) in [6, 6.07) is 1.51. The number of carbonyl (C=O) groups excluding carboxylic acids is 1. The Hall–Kier alpha value is -1.86. The molecule has 1 aliphatic rings. The largest absolute Gasteiger partial charge is 0.481 e. The number of carboxylic acid groups (broad SMARTS) is 1. The van der Waals surface area contributed by atoms with Crippen molar-refractivity contribution in [3.63, 3.8) is 0 Å². The van der Waals surface area contributed by atoms with Gasteiger partial charge in [0.15, 0.2) is 0 Å². The number of nitrogens with zero attached hydrogens (tertiary/aromatic N) is 2. The van der Waals surface area contributed by atoms with Crippen LogP contribution in [0, 0.1) is 11.3 Å². The molecule has 1 atom stereocenters. The lowest BCUT2D eigenvalue weighted by Crippen LogP contribution is -2.52. The Morgan fingerprint density at radius 1 is 1.46 bits per heavy atom. The van der Waals surface area contributed by atoms with E-state index < -0.39 is 11.4 Å². The second-order valence-corrected chi connectivity index (χ2v) is 7.47. The van der Waals surface area contributed by atoms with Gasteiger partial charge >= 0.3 is 5.97 Å². The van der Waals surface area contributed by atoms with Crippen LogP contribution >= 0.6 is 11.6 Å². The number of carboxylic acids is 1. The minimum Gasteiger partial charge on any atom is -0.481 e. The molecule has 8 heteroatoms. The lowest BCUT2D eigenvalue weighted by atomic mass is 9.80. The molecule has 2 rings (SSSR count). The third-order valence-corrected chi connectivity index (χ3v) is 4.62. The number of hydrogen-bond acceptors (Lipinski definition) is 5. The number of aromatic nitrogens is 1. The van der Waals surface area contributed by atoms with Crippen LogP contribution in [0.5, 0.6) is 5.88 Å². The predicted molar refractivity (Wildman–Crippen MR) is 96.7 cm³/mol. The number of pyridine rings is 1. The summed E-state index contributed by atoms with van der Waals surface area (Å²) >= 11 is 6.18. The van der Waals surface area contributed by atoms with Crippen molar-refractivity contribution in [1.29, 1.82) is 0 Å². The lowest BCUT2D eigenvalue weighted by Gasteiger charge is -2.39. The highest BCUT2D eigenvalue weighted by Gasteiger charge is 2.44. The fourth-order valence-electron chi connectivity index (χ4n) is 3.01. The molecule has 1 aromatic heterocycles. The zero-order chi connectivity index (χ0) is 19.3. The molecule has 1 saturated heterocycles. The van der Waals surface area contributed by atoms with Crippen LogP contribution in [0.1, 0.15) is 37.0 Å². The normalized spacial score (nSPS) is 20.3. The number of rotatable bonds is 7. The molecule has 1 N–H and O–H groups in total. The number of ether oxygens (including phenoxy) is 2. The van der Waals surface area contributed by atoms with Gasteiger partial charge in [0.25, 0.3) is 5.91 Å². The van der Waals surface area contributed by atoms with Gasteiger partial charge in [0.2, 0.25) is 5.88 Å². The zero-order valence-electron chi connectivity index (χ0n) is 15.3. The summed E-state index contributed by atoms with van der Waals surface area (Å²) in [5.41, 5.74) is -0.772. The van der Waals surface area contributed by atoms with E-state index in [1.807, 2.05) is 13.8 Å². The van der Waals surface area contributed by atoms with E-state index >= 15 is 0 Å². The Morgan fingerprint density at radius 2 is 2.19 bits per heavy atom. The Morgan fingerprint density at radius 3 is 2.77 bits per heavy atom. The van der Waals surface area contributed by atoms with Gasteiger partial charge < -0.3 is 19.5 Å². The molecule has 1 unspecified atom stereocenters. The molecule has 7 nitrogen and oxygen atoms in total. The number of methoxy groups -OCH3 is 1. The third-order valence-electron chi connectivity index (χ3n) is 4.35. The average Bonchev–Trinajstić information content (AvgIpc) is 2.60. The van der Waals surface area contributed by atoms with Crippen molar-refractivity contribution in [3.8, 4) is 5.88 Å². The van der Waals surface area contributed by atoms with E-state index in [2.05, 4.69) is 4.98 Å². The summed E-state index contributed by atoms with van der Waals surface area (Å²) in [6.07, 6.45) is 2.48. The van der Waals surface area contributed by atoms with Crippen molar-refractivity contribution >= 4 is 23.5 Å². The van der Waals surface area contributed by atoms with Crippen molar-refractivity contribution in [1.82, 2.24) is 9.88 Å². The molecule has 1 fully saturated rings. The molecule has 0 radical (unpaired) electrons. The Bertz CT molecular complexity index is 663. The standard InChI is InChI=1S/C18H25ClN2O5/c1-12(2)9-26-15-14(19)7-13(8-20-15)16(22)21-6-4-5-18(10-21,11-25-3)17(23)24/h7-8,12H,4-6,9-11H2,1-3H3,(H,23,24). The van der Waals surface area contributed by atoms with Crippen molar-refractivity contribution in [3.05, 3.63) is 22.8 Å². The molecule has 1 amide bonds. The summed E-state index contributed by atoms with van der Waals surface area (Å²) < 4.78 is 10.6. The molecule has 26 heavy (non-hydrogen) atoms. The summed E-state index contributed by atoms with van der Waals surface area (Å²) in [5.74, 6) is -0.635. The maximum Gasteiger partial charge on any atom is 0.313 e. The van der Waals surface area contributed by atoms with Gasteiger partial charge in [-0.25, -0.2) is 4.98 Å². The van der Waals surface area contributed by atoms with E-state index in [4.69, 9.17) is 21.1 Å². The van der Waals surface area contributed by atoms with Crippen molar-refractivity contribution < 1.29 is 24.2 Å². The molecule has 0 bridgehead atoms. The quantitative estimate of drug-likeness (QED) is 0.777. The van der Waals surface area contributed by atoms with Crippen LogP contribution in [-0.4, -0.2) is 60.3 Å². The second kappa shape index (κ2) is 8.68. The van der Waals surface area contributed by atoms with Crippen molar-refractivity contribution in [2.24, 2.45) is 11.3 Å². The highest BCUT2D eigenvalue weighted by atomic mass is 35.5. The molecular weight excluding hydrogens is 360 g/mol. The molecule has 2 heterocycles. The second-order valence-electron chi connectivity index (χ2n) is 7.06. The molecular formula is C18H25ClN2O5. The van der Waals surface area contributed by atoms with Crippen LogP contribution < -0.4 is 4.74 Å². The van der Waals surface area contributed by atoms with Crippen molar-refractivity contribution in [2.45, 2.75) is 26.7 Å². The van der Waals surface area contributed by atoms with Gasteiger partial charge in [-0.05, 0) is 24.8 Å². The topological polar surface area (TPSA) is 89.0 Å². The highest BCUT2D eigenvalue weighted by Crippen LogP contribution is 2.32. The van der Waals surface area contributed by atoms with Gasteiger partial charge in [0.1, 0.15) is 10.4 Å². The molecule has 144 valence electrons. The van der Waals surface area contributed by atoms with Crippen LogP contribution in [0.25, 0.3) is 0 Å². The first-order valence-corrected chi connectivity index (χ1v) is 8.97. The van der Waals surface area contributed by atoms with Crippen LogP contribution in [0.15, 0.2) is 12.3 Å². The van der Waals surface area contributed by atoms with Gasteiger partial charge in [-0.3, -0.25) is 9.59 Å². The van der Waals surface area contributed by atoms with Gasteiger partial charge in [-0.15, -0.1) is 0 Å². The Balaban J connectivity index is 2.15. The monoisotopic (exact) mass is 384 g/mol. The molecule has 1 aromatic rings. The SMILES string of the molecule is COCC1(C(=O)O)CCCN(C(=O)c2cnc(OCC(C)C)c(Cl)c2)C1. The fraction of sp³-hybridized carbons (Fsp3) is 0.611. The van der Waals surface area contributed by atoms with Crippen LogP contribution in [0.4, 0.5) is 0 Å². The van der Waals surface area contributed by atoms with E-state index in [9.17, 15) is 14.7 Å². The van der Waals surface area contributed by atoms with E-state index in [1.165, 1.54) is 24.3 Å². The highest BCUT2D eigenvalue weighted by molar-refractivity contribution is 6.32. The smallest absolute Gasteiger partial charge is 0.313 e. The molecule has 0 aliphatic carbocycles. The lowest BCUT2D eigenvalue weighted by molar-refractivity contribution is -0.155. The number of hydrogen-bond donors (Lipinski definition) is 1. The van der Waals surface area contributed by atoms with Crippen molar-refractivity contribution in [2.75, 3.05) is 33.4 Å². The van der Waals surface area contributed by atoms with Gasteiger partial charge in [-0.1, -0.05) is 25.4 Å². The summed E-state index contributed by atoms with van der Waals surface area (Å²) in [5, 5.41) is 9.87. The Labute approximate surface area is 158 Å². The molecule has 1 aliphatic heterocycles. The molecule has 0 spiro atoms. The summed E-state index contributed by atoms with van der Waals surface area (Å²) in [6.45, 7) is 5.14. The first kappa shape index (κ1) is 20.5. The first-order valence-electron chi connectivity index (χ1n) is 8.59. The Kier molecular flexibility index (Phi) is 6.83. The zero-order valence-corrected chi connectivity index (χ0v) is 16.1. The van der Waals surface area contributed by atoms with E-state index in [1.54, 1.807) is 0 Å². The number of likely N-dealkylation sites (tertiary alicyclic amines) is 1. The molecule has 0 saturated carbocycles. The summed E-state index contributed by atoms with van der Waals surface area (Å²) in [4.78, 5) is 30.2. The van der Waals surface area contributed by atoms with Crippen LogP contribution in [0.3, 0.4) is 0 Å². The summed E-state index contributed by atoms with van der Waals surface area (Å²) in [7, 11) is 1.46. The first-order chi connectivity index (χ1) is 12.3. The number of halogens is 1. The number of carbonyl (C=O) groups is 2. The van der Waals surface area contributed by atoms with Gasteiger partial charge in [0.05, 0.1) is 18.8 Å².